The number of carbonyl (C=O) groups is 2. The van der Waals surface area contributed by atoms with Gasteiger partial charge in [-0.3, -0.25) is 14.6 Å². The number of benzene rings is 1. The van der Waals surface area contributed by atoms with E-state index in [1.54, 1.807) is 11.3 Å². The van der Waals surface area contributed by atoms with Crippen LogP contribution in [0.25, 0.3) is 0 Å². The maximum atomic E-state index is 13.4. The maximum Gasteiger partial charge on any atom is 0.254 e. The molecular formula is C23H24N2O2S. The Hall–Kier alpha value is -2.53. The van der Waals surface area contributed by atoms with Gasteiger partial charge in [-0.25, -0.2) is 0 Å². The summed E-state index contributed by atoms with van der Waals surface area (Å²) >= 11 is 1.59. The van der Waals surface area contributed by atoms with Crippen LogP contribution < -0.4 is 5.32 Å². The van der Waals surface area contributed by atoms with E-state index in [4.69, 9.17) is 4.99 Å². The van der Waals surface area contributed by atoms with E-state index in [-0.39, 0.29) is 23.5 Å². The highest BCUT2D eigenvalue weighted by molar-refractivity contribution is 7.08. The van der Waals surface area contributed by atoms with Crippen molar-refractivity contribution in [2.75, 3.05) is 5.32 Å². The van der Waals surface area contributed by atoms with Crippen molar-refractivity contribution in [3.8, 4) is 0 Å². The zero-order chi connectivity index (χ0) is 19.8. The standard InChI is InChI=1S/C23H24N2O2S/c1-13-6-4-7-14(2)22(13)25-23(27)19-15(3)24-17-8-5-9-18(26)21(17)20(19)16-10-11-28-12-16/h4,6-7,10-12,20-21H,5,8-9H2,1-3H3,(H,25,27). The summed E-state index contributed by atoms with van der Waals surface area (Å²) in [4.78, 5) is 31.0. The Balaban J connectivity index is 1.79. The molecule has 1 amide bonds. The number of para-hydroxylation sites is 1. The van der Waals surface area contributed by atoms with Gasteiger partial charge in [0.25, 0.3) is 5.91 Å². The number of thiophene rings is 1. The first kappa shape index (κ1) is 18.8. The van der Waals surface area contributed by atoms with Crippen LogP contribution in [-0.2, 0) is 9.59 Å². The van der Waals surface area contributed by atoms with Crippen LogP contribution in [0, 0.1) is 19.8 Å². The third kappa shape index (κ3) is 3.24. The van der Waals surface area contributed by atoms with Gasteiger partial charge in [-0.2, -0.15) is 11.3 Å². The number of anilines is 1. The lowest BCUT2D eigenvalue weighted by Gasteiger charge is -2.35. The maximum absolute atomic E-state index is 13.4. The summed E-state index contributed by atoms with van der Waals surface area (Å²) in [5.41, 5.74) is 6.18. The van der Waals surface area contributed by atoms with Crippen molar-refractivity contribution in [1.82, 2.24) is 0 Å². The van der Waals surface area contributed by atoms with Crippen molar-refractivity contribution in [3.63, 3.8) is 0 Å². The van der Waals surface area contributed by atoms with Gasteiger partial charge in [0, 0.05) is 35.0 Å². The Labute approximate surface area is 169 Å². The van der Waals surface area contributed by atoms with Crippen LogP contribution in [0.1, 0.15) is 48.8 Å². The highest BCUT2D eigenvalue weighted by atomic mass is 32.1. The molecule has 1 fully saturated rings. The molecule has 1 aliphatic carbocycles. The number of nitrogens with one attached hydrogen (secondary N) is 1. The number of rotatable bonds is 3. The fourth-order valence-electron chi connectivity index (χ4n) is 4.42. The number of hydrogen-bond acceptors (Lipinski definition) is 4. The molecule has 1 aromatic heterocycles. The van der Waals surface area contributed by atoms with Crippen LogP contribution in [0.5, 0.6) is 0 Å². The van der Waals surface area contributed by atoms with Crippen LogP contribution in [-0.4, -0.2) is 17.4 Å². The summed E-state index contributed by atoms with van der Waals surface area (Å²) in [7, 11) is 0. The van der Waals surface area contributed by atoms with Gasteiger partial charge in [0.15, 0.2) is 0 Å². The number of amides is 1. The summed E-state index contributed by atoms with van der Waals surface area (Å²) in [6.07, 6.45) is 2.25. The number of carbonyl (C=O) groups excluding carboxylic acids is 2. The van der Waals surface area contributed by atoms with Crippen LogP contribution in [0.15, 0.2) is 51.3 Å². The number of ketones is 1. The Kier molecular flexibility index (Phi) is 5.02. The Morgan fingerprint density at radius 3 is 2.54 bits per heavy atom. The second-order valence-electron chi connectivity index (χ2n) is 7.66. The van der Waals surface area contributed by atoms with Gasteiger partial charge >= 0.3 is 0 Å². The highest BCUT2D eigenvalue weighted by Crippen LogP contribution is 2.43. The predicted molar refractivity (Wildman–Crippen MR) is 114 cm³/mol. The number of aryl methyl sites for hydroxylation is 2. The lowest BCUT2D eigenvalue weighted by atomic mass is 9.70. The number of Topliss-reactive ketones (excluding diaryl/α,β-unsaturated/α-hetero) is 1. The molecule has 2 heterocycles. The average molecular weight is 393 g/mol. The van der Waals surface area contributed by atoms with Crippen molar-refractivity contribution in [2.24, 2.45) is 10.9 Å². The van der Waals surface area contributed by atoms with E-state index in [0.29, 0.717) is 12.0 Å². The smallest absolute Gasteiger partial charge is 0.254 e. The molecule has 144 valence electrons. The zero-order valence-electron chi connectivity index (χ0n) is 16.4. The van der Waals surface area contributed by atoms with Crippen molar-refractivity contribution < 1.29 is 9.59 Å². The normalized spacial score (nSPS) is 22.0. The number of allylic oxidation sites excluding steroid dienone is 1. The molecule has 28 heavy (non-hydrogen) atoms. The zero-order valence-corrected chi connectivity index (χ0v) is 17.2. The molecule has 0 spiro atoms. The molecule has 2 aliphatic rings. The summed E-state index contributed by atoms with van der Waals surface area (Å²) in [5, 5.41) is 7.16. The number of fused-ring (bicyclic) bond motifs is 1. The van der Waals surface area contributed by atoms with Crippen molar-refractivity contribution in [1.29, 1.82) is 0 Å². The predicted octanol–water partition coefficient (Wildman–Crippen LogP) is 5.19. The third-order valence-electron chi connectivity index (χ3n) is 5.77. The molecule has 5 heteroatoms. The number of hydrogen-bond donors (Lipinski definition) is 1. The largest absolute Gasteiger partial charge is 0.322 e. The number of nitrogens with zero attached hydrogens (tertiary/aromatic N) is 1. The molecule has 1 N–H and O–H groups in total. The van der Waals surface area contributed by atoms with Crippen LogP contribution in [0.3, 0.4) is 0 Å². The first-order valence-electron chi connectivity index (χ1n) is 9.68. The van der Waals surface area contributed by atoms with Crippen LogP contribution >= 0.6 is 11.3 Å². The summed E-state index contributed by atoms with van der Waals surface area (Å²) in [6, 6.07) is 7.99. The molecule has 4 nitrogen and oxygen atoms in total. The molecular weight excluding hydrogens is 368 g/mol. The fraction of sp³-hybridized carbons (Fsp3) is 0.348. The van der Waals surface area contributed by atoms with Crippen molar-refractivity contribution in [2.45, 2.75) is 46.0 Å². The van der Waals surface area contributed by atoms with Crippen molar-refractivity contribution in [3.05, 3.63) is 63.0 Å². The molecule has 1 aliphatic heterocycles. The monoisotopic (exact) mass is 392 g/mol. The molecule has 2 atom stereocenters. The van der Waals surface area contributed by atoms with Gasteiger partial charge < -0.3 is 5.32 Å². The minimum absolute atomic E-state index is 0.160. The molecule has 2 unspecified atom stereocenters. The minimum atomic E-state index is -0.314. The first-order chi connectivity index (χ1) is 13.5. The second kappa shape index (κ2) is 7.47. The van der Waals surface area contributed by atoms with Crippen LogP contribution in [0.2, 0.25) is 0 Å². The minimum Gasteiger partial charge on any atom is -0.322 e. The van der Waals surface area contributed by atoms with Gasteiger partial charge in [0.2, 0.25) is 0 Å². The molecule has 2 aromatic rings. The first-order valence-corrected chi connectivity index (χ1v) is 10.6. The Bertz CT molecular complexity index is 981. The van der Waals surface area contributed by atoms with Crippen molar-refractivity contribution >= 4 is 34.4 Å². The molecule has 1 aromatic carbocycles. The third-order valence-corrected chi connectivity index (χ3v) is 6.48. The lowest BCUT2D eigenvalue weighted by Crippen LogP contribution is -2.39. The van der Waals surface area contributed by atoms with E-state index in [2.05, 4.69) is 10.7 Å². The molecule has 0 radical (unpaired) electrons. The van der Waals surface area contributed by atoms with Crippen LogP contribution in [0.4, 0.5) is 5.69 Å². The van der Waals surface area contributed by atoms with Gasteiger partial charge in [-0.05, 0) is 67.1 Å². The highest BCUT2D eigenvalue weighted by Gasteiger charge is 2.43. The average Bonchev–Trinajstić information content (AvgIpc) is 3.18. The summed E-state index contributed by atoms with van der Waals surface area (Å²) in [6.45, 7) is 5.87. The summed E-state index contributed by atoms with van der Waals surface area (Å²) < 4.78 is 0. The van der Waals surface area contributed by atoms with E-state index in [1.807, 2.05) is 50.4 Å². The van der Waals surface area contributed by atoms with E-state index >= 15 is 0 Å². The molecule has 0 saturated heterocycles. The molecule has 0 bridgehead atoms. The molecule has 1 saturated carbocycles. The van der Waals surface area contributed by atoms with E-state index in [0.717, 1.165) is 46.6 Å². The van der Waals surface area contributed by atoms with Gasteiger partial charge in [-0.15, -0.1) is 0 Å². The number of aliphatic imine (C=N–C) groups is 1. The van der Waals surface area contributed by atoms with E-state index in [9.17, 15) is 9.59 Å². The van der Waals surface area contributed by atoms with Gasteiger partial charge in [0.1, 0.15) is 5.78 Å². The van der Waals surface area contributed by atoms with E-state index < -0.39 is 0 Å². The summed E-state index contributed by atoms with van der Waals surface area (Å²) in [5.74, 6) is -0.528. The lowest BCUT2D eigenvalue weighted by molar-refractivity contribution is -0.122. The topological polar surface area (TPSA) is 58.5 Å². The van der Waals surface area contributed by atoms with Gasteiger partial charge in [0.05, 0.1) is 5.92 Å². The van der Waals surface area contributed by atoms with Gasteiger partial charge in [-0.1, -0.05) is 18.2 Å². The Morgan fingerprint density at radius 1 is 1.11 bits per heavy atom. The Morgan fingerprint density at radius 2 is 1.86 bits per heavy atom. The van der Waals surface area contributed by atoms with E-state index in [1.165, 1.54) is 0 Å². The molecule has 4 rings (SSSR count). The SMILES string of the molecule is CC1=C(C(=O)Nc2c(C)cccc2C)C(c2ccsc2)C2C(=O)CCCC2=N1. The quantitative estimate of drug-likeness (QED) is 0.782. The second-order valence-corrected chi connectivity index (χ2v) is 8.44. The fourth-order valence-corrected chi connectivity index (χ4v) is 5.12.